The first-order chi connectivity index (χ1) is 28.8. The number of aliphatic hydroxyl groups excluding tert-OH is 6. The molecule has 0 spiro atoms. The predicted octanol–water partition coefficient (Wildman–Crippen LogP) is 7.14. The SMILES string of the molecule is CC/C=C\C(O)C/C=C/C=C\C/C=C\C/C=C\CCCC(=O)O[C@H](COC(=O)CCCCCCCCCCCCCCC)COP(=O)(O)OC1[C@H](O)[C@H](O)C(O)[C@H](O)[C@H]1O. The number of unbranched alkanes of at least 4 members (excludes halogenated alkanes) is 13. The van der Waals surface area contributed by atoms with Gasteiger partial charge in [-0.05, 0) is 44.9 Å². The lowest BCUT2D eigenvalue weighted by atomic mass is 9.85. The summed E-state index contributed by atoms with van der Waals surface area (Å²) >= 11 is 0. The normalized spacial score (nSPS) is 23.3. The van der Waals surface area contributed by atoms with Crippen molar-refractivity contribution >= 4 is 19.8 Å². The molecule has 0 aromatic carbocycles. The minimum atomic E-state index is -5.14. The van der Waals surface area contributed by atoms with Crippen LogP contribution in [0.25, 0.3) is 0 Å². The third-order valence-electron chi connectivity index (χ3n) is 9.95. The molecule has 0 aromatic heterocycles. The molecule has 0 aliphatic heterocycles. The van der Waals surface area contributed by atoms with Gasteiger partial charge in [0.25, 0.3) is 0 Å². The first-order valence-electron chi connectivity index (χ1n) is 22.2. The molecule has 1 aliphatic carbocycles. The largest absolute Gasteiger partial charge is 0.472 e. The molecule has 9 atom stereocenters. The topological polar surface area (TPSA) is 230 Å². The van der Waals surface area contributed by atoms with Crippen molar-refractivity contribution in [2.75, 3.05) is 13.2 Å². The Kier molecular flexibility index (Phi) is 32.4. The summed E-state index contributed by atoms with van der Waals surface area (Å²) in [5.41, 5.74) is 0. The molecule has 1 saturated carbocycles. The second-order valence-electron chi connectivity index (χ2n) is 15.4. The molecule has 15 heteroatoms. The molecule has 7 N–H and O–H groups in total. The van der Waals surface area contributed by atoms with Gasteiger partial charge in [0.15, 0.2) is 6.10 Å². The van der Waals surface area contributed by atoms with Crippen molar-refractivity contribution in [1.82, 2.24) is 0 Å². The zero-order valence-corrected chi connectivity index (χ0v) is 37.0. The molecule has 4 unspecified atom stereocenters. The van der Waals surface area contributed by atoms with Gasteiger partial charge in [-0.25, -0.2) is 4.57 Å². The number of phosphoric acid groups is 1. The monoisotopic (exact) mass is 873 g/mol. The second-order valence-corrected chi connectivity index (χ2v) is 16.8. The maximum absolute atomic E-state index is 12.8. The average molecular weight is 873 g/mol. The highest BCUT2D eigenvalue weighted by molar-refractivity contribution is 7.47. The summed E-state index contributed by atoms with van der Waals surface area (Å²) in [5, 5.41) is 59.8. The van der Waals surface area contributed by atoms with E-state index in [1.807, 2.05) is 61.6 Å². The van der Waals surface area contributed by atoms with E-state index in [4.69, 9.17) is 18.5 Å². The minimum Gasteiger partial charge on any atom is -0.462 e. The molecule has 60 heavy (non-hydrogen) atoms. The Bertz CT molecular complexity index is 1300. The average Bonchev–Trinajstić information content (AvgIpc) is 3.22. The highest BCUT2D eigenvalue weighted by Gasteiger charge is 2.51. The van der Waals surface area contributed by atoms with Crippen molar-refractivity contribution in [3.8, 4) is 0 Å². The number of esters is 2. The van der Waals surface area contributed by atoms with E-state index in [9.17, 15) is 49.7 Å². The van der Waals surface area contributed by atoms with Gasteiger partial charge in [-0.2, -0.15) is 0 Å². The minimum absolute atomic E-state index is 0.000334. The lowest BCUT2D eigenvalue weighted by Gasteiger charge is -2.41. The van der Waals surface area contributed by atoms with Crippen molar-refractivity contribution in [3.05, 3.63) is 60.8 Å². The van der Waals surface area contributed by atoms with Crippen LogP contribution in [-0.4, -0.2) is 110 Å². The molecule has 346 valence electrons. The Morgan fingerprint density at radius 1 is 0.617 bits per heavy atom. The van der Waals surface area contributed by atoms with Gasteiger partial charge in [0.05, 0.1) is 12.7 Å². The van der Waals surface area contributed by atoms with E-state index in [0.29, 0.717) is 32.1 Å². The van der Waals surface area contributed by atoms with Crippen LogP contribution in [0.3, 0.4) is 0 Å². The molecular formula is C45H77O14P. The van der Waals surface area contributed by atoms with Crippen molar-refractivity contribution < 1.29 is 68.2 Å². The zero-order valence-electron chi connectivity index (χ0n) is 36.1. The molecule has 0 radical (unpaired) electrons. The van der Waals surface area contributed by atoms with Crippen molar-refractivity contribution in [2.45, 2.75) is 198 Å². The van der Waals surface area contributed by atoms with E-state index < -0.39 is 81.8 Å². The summed E-state index contributed by atoms with van der Waals surface area (Å²) < 4.78 is 33.4. The third-order valence-corrected chi connectivity index (χ3v) is 10.9. The van der Waals surface area contributed by atoms with E-state index in [1.165, 1.54) is 57.8 Å². The standard InChI is InChI=1S/C45H77O14P/c1-3-5-7-8-9-10-11-12-16-19-22-25-28-32-38(47)56-34-37(35-57-60(54,55)59-45-43(52)41(50)40(49)42(51)44(45)53)58-39(48)33-29-26-23-20-17-14-13-15-18-21-24-27-31-36(46)30-6-4-2/h6,13-14,18,20-21,23-24,27,30,36-37,40-46,49-53H,3-5,7-12,15-17,19,22,25-26,28-29,31-35H2,1-2H3,(H,54,55)/b14-13-,21-18-,23-20-,27-24+,30-6-/t36?,37-,40?,41-,42+,43-,44-,45?/m1/s1. The number of carbonyl (C=O) groups is 2. The van der Waals surface area contributed by atoms with Crippen LogP contribution >= 0.6 is 7.82 Å². The van der Waals surface area contributed by atoms with Crippen molar-refractivity contribution in [1.29, 1.82) is 0 Å². The number of phosphoric ester groups is 1. The summed E-state index contributed by atoms with van der Waals surface area (Å²) in [6.07, 6.45) is 24.8. The molecule has 0 amide bonds. The van der Waals surface area contributed by atoms with E-state index in [1.54, 1.807) is 6.08 Å². The van der Waals surface area contributed by atoms with Crippen LogP contribution in [0.15, 0.2) is 60.8 Å². The van der Waals surface area contributed by atoms with Gasteiger partial charge >= 0.3 is 19.8 Å². The number of aliphatic hydroxyl groups is 6. The third kappa shape index (κ3) is 27.5. The molecular weight excluding hydrogens is 795 g/mol. The van der Waals surface area contributed by atoms with E-state index >= 15 is 0 Å². The van der Waals surface area contributed by atoms with Crippen LogP contribution in [0.1, 0.15) is 149 Å². The fourth-order valence-corrected chi connectivity index (χ4v) is 7.32. The quantitative estimate of drug-likeness (QED) is 0.0110. The van der Waals surface area contributed by atoms with Gasteiger partial charge < -0.3 is 45.0 Å². The molecule has 0 heterocycles. The molecule has 1 aliphatic rings. The Hall–Kier alpha value is -2.49. The van der Waals surface area contributed by atoms with Crippen LogP contribution in [0.2, 0.25) is 0 Å². The number of carbonyl (C=O) groups excluding carboxylic acids is 2. The van der Waals surface area contributed by atoms with Crippen LogP contribution in [0.5, 0.6) is 0 Å². The molecule has 1 fully saturated rings. The van der Waals surface area contributed by atoms with Crippen LogP contribution in [0, 0.1) is 0 Å². The lowest BCUT2D eigenvalue weighted by Crippen LogP contribution is -2.64. The van der Waals surface area contributed by atoms with Gasteiger partial charge in [-0.15, -0.1) is 0 Å². The number of hydrogen-bond donors (Lipinski definition) is 7. The van der Waals surface area contributed by atoms with Gasteiger partial charge in [0, 0.05) is 12.8 Å². The summed E-state index contributed by atoms with van der Waals surface area (Å²) in [6, 6.07) is 0. The summed E-state index contributed by atoms with van der Waals surface area (Å²) in [4.78, 5) is 35.6. The van der Waals surface area contributed by atoms with Gasteiger partial charge in [0.2, 0.25) is 0 Å². The van der Waals surface area contributed by atoms with Gasteiger partial charge in [-0.1, -0.05) is 152 Å². The molecule has 0 aromatic rings. The Morgan fingerprint density at radius 2 is 1.13 bits per heavy atom. The summed E-state index contributed by atoms with van der Waals surface area (Å²) in [7, 11) is -5.14. The summed E-state index contributed by atoms with van der Waals surface area (Å²) in [6.45, 7) is 3.00. The highest BCUT2D eigenvalue weighted by atomic mass is 31.2. The smallest absolute Gasteiger partial charge is 0.462 e. The van der Waals surface area contributed by atoms with Crippen molar-refractivity contribution in [3.63, 3.8) is 0 Å². The van der Waals surface area contributed by atoms with Crippen molar-refractivity contribution in [2.24, 2.45) is 0 Å². The van der Waals surface area contributed by atoms with Gasteiger partial charge in [-0.3, -0.25) is 18.6 Å². The van der Waals surface area contributed by atoms with E-state index in [2.05, 4.69) is 6.92 Å². The Balaban J connectivity index is 2.54. The fraction of sp³-hybridized carbons (Fsp3) is 0.733. The molecule has 1 rings (SSSR count). The van der Waals surface area contributed by atoms with Crippen LogP contribution in [-0.2, 0) is 32.7 Å². The fourth-order valence-electron chi connectivity index (χ4n) is 6.34. The number of ether oxygens (including phenoxy) is 2. The van der Waals surface area contributed by atoms with Gasteiger partial charge in [0.1, 0.15) is 43.2 Å². The highest BCUT2D eigenvalue weighted by Crippen LogP contribution is 2.47. The predicted molar refractivity (Wildman–Crippen MR) is 232 cm³/mol. The molecule has 0 saturated heterocycles. The van der Waals surface area contributed by atoms with Crippen LogP contribution in [0.4, 0.5) is 0 Å². The maximum atomic E-state index is 12.8. The van der Waals surface area contributed by atoms with E-state index in [-0.39, 0.29) is 12.8 Å². The van der Waals surface area contributed by atoms with Crippen LogP contribution < -0.4 is 0 Å². The molecule has 14 nitrogen and oxygen atoms in total. The lowest BCUT2D eigenvalue weighted by molar-refractivity contribution is -0.220. The summed E-state index contributed by atoms with van der Waals surface area (Å²) in [5.74, 6) is -1.19. The number of rotatable bonds is 35. The second kappa shape index (κ2) is 35.0. The Labute approximate surface area is 358 Å². The first-order valence-corrected chi connectivity index (χ1v) is 23.7. The zero-order chi connectivity index (χ0) is 44.4. The number of allylic oxidation sites excluding steroid dienone is 8. The Morgan fingerprint density at radius 3 is 1.73 bits per heavy atom. The number of hydrogen-bond acceptors (Lipinski definition) is 13. The molecule has 0 bridgehead atoms. The van der Waals surface area contributed by atoms with E-state index in [0.717, 1.165) is 32.1 Å². The first kappa shape index (κ1) is 55.5. The maximum Gasteiger partial charge on any atom is 0.472 e.